The van der Waals surface area contributed by atoms with E-state index in [-0.39, 0.29) is 12.0 Å². The molecule has 0 saturated heterocycles. The van der Waals surface area contributed by atoms with Gasteiger partial charge in [-0.3, -0.25) is 4.79 Å². The van der Waals surface area contributed by atoms with Gasteiger partial charge >= 0.3 is 0 Å². The number of carbonyl (C=O) groups is 1. The first-order valence-corrected chi connectivity index (χ1v) is 7.38. The molecule has 0 bridgehead atoms. The van der Waals surface area contributed by atoms with Gasteiger partial charge in [-0.25, -0.2) is 0 Å². The van der Waals surface area contributed by atoms with Crippen LogP contribution in [-0.2, 0) is 0 Å². The fourth-order valence-corrected chi connectivity index (χ4v) is 1.91. The maximum atomic E-state index is 12.0. The Bertz CT molecular complexity index is 579. The first-order valence-electron chi connectivity index (χ1n) is 7.38. The van der Waals surface area contributed by atoms with Crippen LogP contribution >= 0.6 is 0 Å². The molecule has 0 aromatic heterocycles. The molecule has 2 aromatic rings. The summed E-state index contributed by atoms with van der Waals surface area (Å²) in [4.78, 5) is 12.0. The summed E-state index contributed by atoms with van der Waals surface area (Å²) in [6.07, 6.45) is 0.120. The first kappa shape index (κ1) is 15.9. The van der Waals surface area contributed by atoms with E-state index in [0.29, 0.717) is 18.7 Å². The van der Waals surface area contributed by atoms with Gasteiger partial charge in [0.25, 0.3) is 5.91 Å². The van der Waals surface area contributed by atoms with Crippen molar-refractivity contribution in [2.24, 2.45) is 0 Å². The number of nitrogens with one attached hydrogen (secondary N) is 1. The number of hydrogen-bond donors (Lipinski definition) is 1. The predicted molar refractivity (Wildman–Crippen MR) is 86.5 cm³/mol. The lowest BCUT2D eigenvalue weighted by atomic mass is 10.2. The topological polar surface area (TPSA) is 47.6 Å². The van der Waals surface area contributed by atoms with Gasteiger partial charge in [0, 0.05) is 5.56 Å². The van der Waals surface area contributed by atoms with Crippen LogP contribution in [0.5, 0.6) is 11.5 Å². The second kappa shape index (κ2) is 8.08. The van der Waals surface area contributed by atoms with Gasteiger partial charge in [0.2, 0.25) is 0 Å². The molecule has 0 saturated carbocycles. The maximum absolute atomic E-state index is 12.0. The van der Waals surface area contributed by atoms with Crippen LogP contribution in [0, 0.1) is 0 Å². The Labute approximate surface area is 131 Å². The summed E-state index contributed by atoms with van der Waals surface area (Å²) < 4.78 is 11.1. The molecule has 22 heavy (non-hydrogen) atoms. The number of para-hydroxylation sites is 1. The van der Waals surface area contributed by atoms with E-state index in [1.165, 1.54) is 0 Å². The van der Waals surface area contributed by atoms with Gasteiger partial charge in [0.05, 0.1) is 12.6 Å². The summed E-state index contributed by atoms with van der Waals surface area (Å²) in [7, 11) is 0. The van der Waals surface area contributed by atoms with Gasteiger partial charge in [-0.15, -0.1) is 0 Å². The molecule has 0 radical (unpaired) electrons. The first-order chi connectivity index (χ1) is 10.6. The summed E-state index contributed by atoms with van der Waals surface area (Å²) in [5.74, 6) is 1.44. The van der Waals surface area contributed by atoms with E-state index in [2.05, 4.69) is 5.32 Å². The van der Waals surface area contributed by atoms with Gasteiger partial charge in [-0.2, -0.15) is 0 Å². The lowest BCUT2D eigenvalue weighted by molar-refractivity contribution is 0.0947. The van der Waals surface area contributed by atoms with Crippen molar-refractivity contribution in [2.75, 3.05) is 13.2 Å². The molecule has 0 aliphatic carbocycles. The van der Waals surface area contributed by atoms with Gasteiger partial charge in [-0.1, -0.05) is 18.2 Å². The minimum atomic E-state index is -0.118. The number of rotatable bonds is 7. The monoisotopic (exact) mass is 299 g/mol. The fraction of sp³-hybridized carbons (Fsp3) is 0.278. The zero-order chi connectivity index (χ0) is 15.8. The number of hydrogen-bond acceptors (Lipinski definition) is 3. The zero-order valence-electron chi connectivity index (χ0n) is 12.9. The molecule has 0 atom stereocenters. The summed E-state index contributed by atoms with van der Waals surface area (Å²) in [5, 5.41) is 2.82. The molecule has 0 aliphatic rings. The standard InChI is InChI=1S/C18H21NO3/c1-14(2)22-17-10-8-15(9-11-17)18(20)19-12-13-21-16-6-4-3-5-7-16/h3-11,14H,12-13H2,1-2H3,(H,19,20). The van der Waals surface area contributed by atoms with Gasteiger partial charge in [-0.05, 0) is 50.2 Å². The molecular formula is C18H21NO3. The van der Waals surface area contributed by atoms with Gasteiger partial charge in [0.15, 0.2) is 0 Å². The fourth-order valence-electron chi connectivity index (χ4n) is 1.91. The summed E-state index contributed by atoms with van der Waals surface area (Å²) in [5.41, 5.74) is 0.607. The highest BCUT2D eigenvalue weighted by molar-refractivity contribution is 5.94. The van der Waals surface area contributed by atoms with Crippen molar-refractivity contribution >= 4 is 5.91 Å². The molecule has 0 aliphatic heterocycles. The molecule has 0 heterocycles. The summed E-state index contributed by atoms with van der Waals surface area (Å²) in [6.45, 7) is 4.82. The molecule has 2 rings (SSSR count). The quantitative estimate of drug-likeness (QED) is 0.798. The Balaban J connectivity index is 1.75. The third-order valence-electron chi connectivity index (χ3n) is 2.89. The summed E-state index contributed by atoms with van der Waals surface area (Å²) >= 11 is 0. The van der Waals surface area contributed by atoms with Crippen molar-refractivity contribution in [1.29, 1.82) is 0 Å². The smallest absolute Gasteiger partial charge is 0.251 e. The van der Waals surface area contributed by atoms with E-state index >= 15 is 0 Å². The molecule has 4 heteroatoms. The molecule has 0 spiro atoms. The van der Waals surface area contributed by atoms with E-state index in [9.17, 15) is 4.79 Å². The van der Waals surface area contributed by atoms with Crippen molar-refractivity contribution in [2.45, 2.75) is 20.0 Å². The molecule has 1 N–H and O–H groups in total. The number of carbonyl (C=O) groups excluding carboxylic acids is 1. The number of benzene rings is 2. The Kier molecular flexibility index (Phi) is 5.83. The minimum absolute atomic E-state index is 0.118. The number of amides is 1. The van der Waals surface area contributed by atoms with Crippen LogP contribution in [0.1, 0.15) is 24.2 Å². The Morgan fingerprint density at radius 1 is 1.00 bits per heavy atom. The lowest BCUT2D eigenvalue weighted by Crippen LogP contribution is -2.28. The van der Waals surface area contributed by atoms with Crippen LogP contribution in [0.4, 0.5) is 0 Å². The van der Waals surface area contributed by atoms with E-state index in [4.69, 9.17) is 9.47 Å². The van der Waals surface area contributed by atoms with E-state index in [0.717, 1.165) is 11.5 Å². The van der Waals surface area contributed by atoms with Crippen molar-refractivity contribution in [3.05, 3.63) is 60.2 Å². The van der Waals surface area contributed by atoms with Crippen LogP contribution in [0.25, 0.3) is 0 Å². The van der Waals surface area contributed by atoms with Gasteiger partial charge < -0.3 is 14.8 Å². The van der Waals surface area contributed by atoms with Crippen molar-refractivity contribution in [3.63, 3.8) is 0 Å². The SMILES string of the molecule is CC(C)Oc1ccc(C(=O)NCCOc2ccccc2)cc1. The largest absolute Gasteiger partial charge is 0.492 e. The molecule has 4 nitrogen and oxygen atoms in total. The van der Waals surface area contributed by atoms with Crippen LogP contribution in [0.3, 0.4) is 0 Å². The lowest BCUT2D eigenvalue weighted by Gasteiger charge is -2.10. The van der Waals surface area contributed by atoms with Crippen molar-refractivity contribution in [1.82, 2.24) is 5.32 Å². The molecule has 2 aromatic carbocycles. The highest BCUT2D eigenvalue weighted by Gasteiger charge is 2.05. The van der Waals surface area contributed by atoms with Crippen molar-refractivity contribution in [3.8, 4) is 11.5 Å². The van der Waals surface area contributed by atoms with Crippen LogP contribution in [0.2, 0.25) is 0 Å². The highest BCUT2D eigenvalue weighted by Crippen LogP contribution is 2.13. The average molecular weight is 299 g/mol. The number of ether oxygens (including phenoxy) is 2. The Morgan fingerprint density at radius 2 is 1.68 bits per heavy atom. The zero-order valence-corrected chi connectivity index (χ0v) is 12.9. The van der Waals surface area contributed by atoms with E-state index in [1.807, 2.05) is 44.2 Å². The van der Waals surface area contributed by atoms with Crippen LogP contribution in [-0.4, -0.2) is 25.2 Å². The molecule has 1 amide bonds. The van der Waals surface area contributed by atoms with Crippen molar-refractivity contribution < 1.29 is 14.3 Å². The second-order valence-electron chi connectivity index (χ2n) is 5.11. The van der Waals surface area contributed by atoms with E-state index in [1.54, 1.807) is 24.3 Å². The Morgan fingerprint density at radius 3 is 2.32 bits per heavy atom. The third-order valence-corrected chi connectivity index (χ3v) is 2.89. The van der Waals surface area contributed by atoms with Crippen LogP contribution in [0.15, 0.2) is 54.6 Å². The minimum Gasteiger partial charge on any atom is -0.492 e. The summed E-state index contributed by atoms with van der Waals surface area (Å²) in [6, 6.07) is 16.6. The average Bonchev–Trinajstić information content (AvgIpc) is 2.52. The highest BCUT2D eigenvalue weighted by atomic mass is 16.5. The van der Waals surface area contributed by atoms with E-state index < -0.39 is 0 Å². The maximum Gasteiger partial charge on any atom is 0.251 e. The normalized spacial score (nSPS) is 10.3. The molecule has 116 valence electrons. The second-order valence-corrected chi connectivity index (χ2v) is 5.11. The molecular weight excluding hydrogens is 278 g/mol. The molecule has 0 unspecified atom stereocenters. The van der Waals surface area contributed by atoms with Gasteiger partial charge in [0.1, 0.15) is 18.1 Å². The molecule has 0 fully saturated rings. The predicted octanol–water partition coefficient (Wildman–Crippen LogP) is 3.28. The van der Waals surface area contributed by atoms with Crippen LogP contribution < -0.4 is 14.8 Å². The third kappa shape index (κ3) is 5.13. The Hall–Kier alpha value is -2.49.